The van der Waals surface area contributed by atoms with Gasteiger partial charge in [0.15, 0.2) is 0 Å². The molecule has 8 heteroatoms. The van der Waals surface area contributed by atoms with Crippen molar-refractivity contribution >= 4 is 33.6 Å². The summed E-state index contributed by atoms with van der Waals surface area (Å²) in [6.07, 6.45) is -0.216. The van der Waals surface area contributed by atoms with Gasteiger partial charge in [-0.25, -0.2) is 9.18 Å². The first-order valence-electron chi connectivity index (χ1n) is 6.30. The minimum atomic E-state index is -1.02. The summed E-state index contributed by atoms with van der Waals surface area (Å²) in [4.78, 5) is 24.4. The van der Waals surface area contributed by atoms with Crippen LogP contribution in [-0.2, 0) is 9.53 Å². The molecule has 1 unspecified atom stereocenters. The Morgan fingerprint density at radius 1 is 1.52 bits per heavy atom. The molecule has 0 radical (unpaired) electrons. The first-order valence-corrected chi connectivity index (χ1v) is 7.09. The zero-order valence-corrected chi connectivity index (χ0v) is 12.6. The number of ether oxygens (including phenoxy) is 1. The number of benzene rings is 1. The summed E-state index contributed by atoms with van der Waals surface area (Å²) in [7, 11) is 0. The molecule has 0 saturated carbocycles. The average molecular weight is 361 g/mol. The van der Waals surface area contributed by atoms with E-state index in [1.165, 1.54) is 17.0 Å². The Labute approximate surface area is 129 Å². The number of hydrogen-bond donors (Lipinski definition) is 2. The third kappa shape index (κ3) is 3.92. The highest BCUT2D eigenvalue weighted by Crippen LogP contribution is 2.26. The Kier molecular flexibility index (Phi) is 5.13. The number of carbonyl (C=O) groups excluding carboxylic acids is 1. The fourth-order valence-corrected chi connectivity index (χ4v) is 2.53. The summed E-state index contributed by atoms with van der Waals surface area (Å²) in [6, 6.07) is 3.23. The number of para-hydroxylation sites is 1. The molecule has 0 spiro atoms. The Bertz CT molecular complexity index is 535. The number of amides is 2. The van der Waals surface area contributed by atoms with Crippen molar-refractivity contribution in [3.05, 3.63) is 28.5 Å². The molecule has 1 atom stereocenters. The van der Waals surface area contributed by atoms with Crippen LogP contribution in [0.25, 0.3) is 0 Å². The summed E-state index contributed by atoms with van der Waals surface area (Å²) in [5, 5.41) is 11.3. The van der Waals surface area contributed by atoms with Gasteiger partial charge in [0.1, 0.15) is 5.82 Å². The van der Waals surface area contributed by atoms with Crippen LogP contribution in [0, 0.1) is 5.82 Å². The minimum absolute atomic E-state index is 0.0306. The van der Waals surface area contributed by atoms with Crippen molar-refractivity contribution in [2.45, 2.75) is 12.5 Å². The Morgan fingerprint density at radius 2 is 2.29 bits per heavy atom. The molecule has 2 amide bonds. The van der Waals surface area contributed by atoms with E-state index >= 15 is 0 Å². The van der Waals surface area contributed by atoms with Gasteiger partial charge in [0, 0.05) is 11.0 Å². The Balaban J connectivity index is 2.12. The quantitative estimate of drug-likeness (QED) is 0.866. The predicted molar refractivity (Wildman–Crippen MR) is 76.7 cm³/mol. The number of nitrogens with one attached hydrogen (secondary N) is 1. The van der Waals surface area contributed by atoms with Crippen molar-refractivity contribution in [3.8, 4) is 0 Å². The molecule has 1 heterocycles. The van der Waals surface area contributed by atoms with Crippen molar-refractivity contribution in [2.75, 3.05) is 25.1 Å². The summed E-state index contributed by atoms with van der Waals surface area (Å²) < 4.78 is 19.3. The monoisotopic (exact) mass is 360 g/mol. The van der Waals surface area contributed by atoms with E-state index in [-0.39, 0.29) is 25.3 Å². The summed E-state index contributed by atoms with van der Waals surface area (Å²) in [5.41, 5.74) is 0.0306. The lowest BCUT2D eigenvalue weighted by atomic mass is 10.1. The lowest BCUT2D eigenvalue weighted by molar-refractivity contribution is -0.139. The van der Waals surface area contributed by atoms with Crippen LogP contribution in [0.4, 0.5) is 14.9 Å². The Hall–Kier alpha value is -1.67. The number of urea groups is 1. The highest BCUT2D eigenvalue weighted by Gasteiger charge is 2.29. The number of rotatable bonds is 3. The van der Waals surface area contributed by atoms with Gasteiger partial charge in [-0.3, -0.25) is 4.79 Å². The maximum absolute atomic E-state index is 13.7. The lowest BCUT2D eigenvalue weighted by Gasteiger charge is -2.34. The van der Waals surface area contributed by atoms with E-state index in [1.54, 1.807) is 6.07 Å². The van der Waals surface area contributed by atoms with Crippen LogP contribution < -0.4 is 5.32 Å². The van der Waals surface area contributed by atoms with E-state index in [0.29, 0.717) is 11.1 Å². The second-order valence-corrected chi connectivity index (χ2v) is 5.40. The molecule has 1 aromatic rings. The maximum atomic E-state index is 13.7. The third-order valence-electron chi connectivity index (χ3n) is 3.09. The van der Waals surface area contributed by atoms with E-state index in [9.17, 15) is 14.0 Å². The number of carboxylic acids is 1. The molecule has 6 nitrogen and oxygen atoms in total. The number of hydrogen-bond acceptors (Lipinski definition) is 3. The van der Waals surface area contributed by atoms with Crippen LogP contribution in [0.5, 0.6) is 0 Å². The van der Waals surface area contributed by atoms with Gasteiger partial charge in [0.05, 0.1) is 31.4 Å². The standard InChI is InChI=1S/C13H14BrFN2O4/c14-9-2-1-3-10(15)12(9)16-13(20)17-4-5-21-7-8(17)6-11(18)19/h1-3,8H,4-7H2,(H,16,20)(H,18,19). The predicted octanol–water partition coefficient (Wildman–Crippen LogP) is 2.30. The van der Waals surface area contributed by atoms with Crippen molar-refractivity contribution in [2.24, 2.45) is 0 Å². The molecule has 1 aromatic carbocycles. The van der Waals surface area contributed by atoms with Crippen LogP contribution in [0.3, 0.4) is 0 Å². The fraction of sp³-hybridized carbons (Fsp3) is 0.385. The summed E-state index contributed by atoms with van der Waals surface area (Å²) in [5.74, 6) is -1.59. The molecular formula is C13H14BrFN2O4. The number of carbonyl (C=O) groups is 2. The van der Waals surface area contributed by atoms with Crippen LogP contribution in [0.15, 0.2) is 22.7 Å². The van der Waals surface area contributed by atoms with Crippen molar-refractivity contribution in [1.82, 2.24) is 4.90 Å². The molecule has 0 bridgehead atoms. The zero-order valence-electron chi connectivity index (χ0n) is 11.0. The van der Waals surface area contributed by atoms with Gasteiger partial charge in [0.25, 0.3) is 0 Å². The van der Waals surface area contributed by atoms with E-state index < -0.39 is 23.9 Å². The number of anilines is 1. The van der Waals surface area contributed by atoms with Crippen molar-refractivity contribution in [3.63, 3.8) is 0 Å². The molecule has 1 aliphatic heterocycles. The lowest BCUT2D eigenvalue weighted by Crippen LogP contribution is -2.51. The van der Waals surface area contributed by atoms with Crippen molar-refractivity contribution in [1.29, 1.82) is 0 Å². The molecule has 21 heavy (non-hydrogen) atoms. The molecular weight excluding hydrogens is 347 g/mol. The molecule has 1 aliphatic rings. The van der Waals surface area contributed by atoms with Crippen LogP contribution >= 0.6 is 15.9 Å². The van der Waals surface area contributed by atoms with Gasteiger partial charge in [-0.2, -0.15) is 0 Å². The number of aliphatic carboxylic acids is 1. The van der Waals surface area contributed by atoms with Crippen LogP contribution in [-0.4, -0.2) is 47.8 Å². The fourth-order valence-electron chi connectivity index (χ4n) is 2.09. The molecule has 1 saturated heterocycles. The van der Waals surface area contributed by atoms with Gasteiger partial charge < -0.3 is 20.1 Å². The third-order valence-corrected chi connectivity index (χ3v) is 3.75. The second kappa shape index (κ2) is 6.86. The number of morpholine rings is 1. The minimum Gasteiger partial charge on any atom is -0.481 e. The summed E-state index contributed by atoms with van der Waals surface area (Å²) >= 11 is 3.16. The zero-order chi connectivity index (χ0) is 15.4. The van der Waals surface area contributed by atoms with Crippen LogP contribution in [0.2, 0.25) is 0 Å². The van der Waals surface area contributed by atoms with Gasteiger partial charge in [0.2, 0.25) is 0 Å². The number of carboxylic acid groups (broad SMARTS) is 1. The molecule has 0 aliphatic carbocycles. The summed E-state index contributed by atoms with van der Waals surface area (Å²) in [6.45, 7) is 0.732. The smallest absolute Gasteiger partial charge is 0.322 e. The maximum Gasteiger partial charge on any atom is 0.322 e. The SMILES string of the molecule is O=C(O)CC1COCCN1C(=O)Nc1c(F)cccc1Br. The van der Waals surface area contributed by atoms with E-state index in [4.69, 9.17) is 9.84 Å². The molecule has 0 aromatic heterocycles. The topological polar surface area (TPSA) is 78.9 Å². The number of halogens is 2. The largest absolute Gasteiger partial charge is 0.481 e. The number of nitrogens with zero attached hydrogens (tertiary/aromatic N) is 1. The highest BCUT2D eigenvalue weighted by atomic mass is 79.9. The first-order chi connectivity index (χ1) is 9.99. The molecule has 2 N–H and O–H groups in total. The van der Waals surface area contributed by atoms with E-state index in [2.05, 4.69) is 21.2 Å². The van der Waals surface area contributed by atoms with Gasteiger partial charge >= 0.3 is 12.0 Å². The average Bonchev–Trinajstić information content (AvgIpc) is 2.43. The van der Waals surface area contributed by atoms with E-state index in [0.717, 1.165) is 0 Å². The van der Waals surface area contributed by atoms with Gasteiger partial charge in [-0.1, -0.05) is 6.07 Å². The second-order valence-electron chi connectivity index (χ2n) is 4.55. The Morgan fingerprint density at radius 3 is 2.95 bits per heavy atom. The van der Waals surface area contributed by atoms with E-state index in [1.807, 2.05) is 0 Å². The first kappa shape index (κ1) is 15.7. The van der Waals surface area contributed by atoms with Crippen molar-refractivity contribution < 1.29 is 23.8 Å². The molecule has 1 fully saturated rings. The van der Waals surface area contributed by atoms with Gasteiger partial charge in [-0.15, -0.1) is 0 Å². The molecule has 114 valence electrons. The molecule has 2 rings (SSSR count). The highest BCUT2D eigenvalue weighted by molar-refractivity contribution is 9.10. The normalized spacial score (nSPS) is 18.4. The van der Waals surface area contributed by atoms with Gasteiger partial charge in [-0.05, 0) is 28.1 Å². The van der Waals surface area contributed by atoms with Crippen LogP contribution in [0.1, 0.15) is 6.42 Å².